The van der Waals surface area contributed by atoms with Crippen molar-refractivity contribution in [1.29, 1.82) is 0 Å². The number of nitrogens with zero attached hydrogens (tertiary/aromatic N) is 1. The SMILES string of the molecule is c1ccc([Si]2(c3ccc(N(c4ccc(-c5cccc6ccccc56)cc4)c4ccc5c(c4)oc4ccccc45)cc3)c3ccccc3Oc3ccccc32)cc1. The smallest absolute Gasteiger partial charge is 0.188 e. The normalized spacial score (nSPS) is 12.9. The summed E-state index contributed by atoms with van der Waals surface area (Å²) in [7, 11) is -2.77. The second kappa shape index (κ2) is 13.0. The number of anilines is 3. The van der Waals surface area contributed by atoms with Gasteiger partial charge in [-0.05, 0) is 97.2 Å². The van der Waals surface area contributed by atoms with Crippen molar-refractivity contribution >= 4 is 78.6 Å². The van der Waals surface area contributed by atoms with E-state index >= 15 is 0 Å². The van der Waals surface area contributed by atoms with Gasteiger partial charge in [0.05, 0.1) is 0 Å². The summed E-state index contributed by atoms with van der Waals surface area (Å²) in [5, 5.41) is 9.86. The van der Waals surface area contributed by atoms with Gasteiger partial charge in [-0.3, -0.25) is 0 Å². The molecule has 264 valence electrons. The van der Waals surface area contributed by atoms with Crippen molar-refractivity contribution in [1.82, 2.24) is 0 Å². The van der Waals surface area contributed by atoms with E-state index in [2.05, 4.69) is 205 Å². The summed E-state index contributed by atoms with van der Waals surface area (Å²) < 4.78 is 13.0. The van der Waals surface area contributed by atoms with Crippen LogP contribution in [0, 0.1) is 0 Å². The van der Waals surface area contributed by atoms with E-state index in [1.54, 1.807) is 0 Å². The van der Waals surface area contributed by atoms with Gasteiger partial charge in [0.25, 0.3) is 0 Å². The van der Waals surface area contributed by atoms with Crippen molar-refractivity contribution in [3.63, 3.8) is 0 Å². The zero-order valence-corrected chi connectivity index (χ0v) is 31.5. The van der Waals surface area contributed by atoms with Crippen molar-refractivity contribution in [3.05, 3.63) is 212 Å². The Morgan fingerprint density at radius 2 is 0.929 bits per heavy atom. The second-order valence-electron chi connectivity index (χ2n) is 14.4. The van der Waals surface area contributed by atoms with E-state index in [4.69, 9.17) is 9.15 Å². The second-order valence-corrected chi connectivity index (χ2v) is 18.2. The molecule has 1 aromatic heterocycles. The van der Waals surface area contributed by atoms with E-state index in [0.717, 1.165) is 50.5 Å². The molecule has 0 atom stereocenters. The van der Waals surface area contributed by atoms with Crippen molar-refractivity contribution in [2.45, 2.75) is 0 Å². The van der Waals surface area contributed by atoms with Crippen molar-refractivity contribution < 1.29 is 9.15 Å². The predicted octanol–water partition coefficient (Wildman–Crippen LogP) is 11.4. The first-order valence-corrected chi connectivity index (χ1v) is 21.1. The fraction of sp³-hybridized carbons (Fsp3) is 0. The number of hydrogen-bond acceptors (Lipinski definition) is 3. The highest BCUT2D eigenvalue weighted by molar-refractivity contribution is 7.20. The molecule has 0 radical (unpaired) electrons. The zero-order valence-electron chi connectivity index (χ0n) is 30.5. The van der Waals surface area contributed by atoms with E-state index in [0.29, 0.717) is 0 Å². The van der Waals surface area contributed by atoms with E-state index in [9.17, 15) is 0 Å². The van der Waals surface area contributed by atoms with E-state index in [-0.39, 0.29) is 0 Å². The molecule has 0 N–H and O–H groups in total. The van der Waals surface area contributed by atoms with Crippen LogP contribution in [0.4, 0.5) is 17.1 Å². The lowest BCUT2D eigenvalue weighted by Crippen LogP contribution is -2.76. The molecule has 11 rings (SSSR count). The molecule has 56 heavy (non-hydrogen) atoms. The molecule has 2 heterocycles. The molecule has 0 bridgehead atoms. The summed E-state index contributed by atoms with van der Waals surface area (Å²) in [6.07, 6.45) is 0. The van der Waals surface area contributed by atoms with E-state index in [1.165, 1.54) is 42.6 Å². The fourth-order valence-electron chi connectivity index (χ4n) is 8.90. The van der Waals surface area contributed by atoms with Crippen LogP contribution in [0.2, 0.25) is 0 Å². The van der Waals surface area contributed by atoms with E-state index < -0.39 is 8.07 Å². The maximum Gasteiger partial charge on any atom is 0.188 e. The van der Waals surface area contributed by atoms with Gasteiger partial charge in [0.1, 0.15) is 22.7 Å². The lowest BCUT2D eigenvalue weighted by molar-refractivity contribution is 0.487. The number of hydrogen-bond donors (Lipinski definition) is 0. The van der Waals surface area contributed by atoms with Gasteiger partial charge >= 0.3 is 0 Å². The molecular weight excluding hydrogens is 699 g/mol. The molecule has 1 aliphatic heterocycles. The molecule has 1 aliphatic rings. The summed E-state index contributed by atoms with van der Waals surface area (Å²) in [5.41, 5.74) is 7.32. The molecule has 0 amide bonds. The molecule has 10 aromatic rings. The molecule has 0 saturated heterocycles. The minimum atomic E-state index is -2.77. The summed E-state index contributed by atoms with van der Waals surface area (Å²) in [6.45, 7) is 0. The lowest BCUT2D eigenvalue weighted by atomic mass is 9.98. The quantitative estimate of drug-likeness (QED) is 0.159. The molecule has 9 aromatic carbocycles. The third-order valence-corrected chi connectivity index (χ3v) is 16.3. The molecule has 0 saturated carbocycles. The van der Waals surface area contributed by atoms with Crippen molar-refractivity contribution in [2.75, 3.05) is 4.90 Å². The Morgan fingerprint density at radius 3 is 1.68 bits per heavy atom. The van der Waals surface area contributed by atoms with Crippen LogP contribution in [0.3, 0.4) is 0 Å². The maximum atomic E-state index is 6.59. The van der Waals surface area contributed by atoms with E-state index in [1.807, 2.05) is 12.1 Å². The molecule has 0 aliphatic carbocycles. The minimum Gasteiger partial charge on any atom is -0.458 e. The molecule has 0 unspecified atom stereocenters. The first-order chi connectivity index (χ1) is 27.8. The lowest BCUT2D eigenvalue weighted by Gasteiger charge is -2.39. The van der Waals surface area contributed by atoms with Gasteiger partial charge in [0, 0.05) is 33.9 Å². The number of furan rings is 1. The summed E-state index contributed by atoms with van der Waals surface area (Å²) >= 11 is 0. The first kappa shape index (κ1) is 32.3. The predicted molar refractivity (Wildman–Crippen MR) is 235 cm³/mol. The Kier molecular flexibility index (Phi) is 7.51. The Hall–Kier alpha value is -7.14. The van der Waals surface area contributed by atoms with Crippen LogP contribution in [-0.4, -0.2) is 8.07 Å². The molecular formula is C52H35NO2Si. The topological polar surface area (TPSA) is 25.6 Å². The number of fused-ring (bicyclic) bond motifs is 6. The average molecular weight is 734 g/mol. The van der Waals surface area contributed by atoms with Crippen LogP contribution >= 0.6 is 0 Å². The van der Waals surface area contributed by atoms with Gasteiger partial charge in [-0.25, -0.2) is 0 Å². The summed E-state index contributed by atoms with van der Waals surface area (Å²) in [6, 6.07) is 76.4. The van der Waals surface area contributed by atoms with Crippen LogP contribution < -0.4 is 30.4 Å². The zero-order chi connectivity index (χ0) is 37.1. The van der Waals surface area contributed by atoms with Crippen LogP contribution in [0.25, 0.3) is 43.8 Å². The number of para-hydroxylation sites is 3. The number of benzene rings is 9. The third kappa shape index (κ3) is 5.04. The fourth-order valence-corrected chi connectivity index (χ4v) is 13.8. The summed E-state index contributed by atoms with van der Waals surface area (Å²) in [4.78, 5) is 2.34. The van der Waals surface area contributed by atoms with Crippen LogP contribution in [0.5, 0.6) is 11.5 Å². The van der Waals surface area contributed by atoms with Crippen molar-refractivity contribution in [2.24, 2.45) is 0 Å². The Bertz CT molecular complexity index is 3010. The Morgan fingerprint density at radius 1 is 0.375 bits per heavy atom. The largest absolute Gasteiger partial charge is 0.458 e. The highest BCUT2D eigenvalue weighted by atomic mass is 28.3. The Labute approximate surface area is 326 Å². The van der Waals surface area contributed by atoms with Gasteiger partial charge in [-0.1, -0.05) is 152 Å². The van der Waals surface area contributed by atoms with Gasteiger partial charge in [-0.2, -0.15) is 0 Å². The standard InChI is InChI=1S/C52H35NO2Si/c1-2-15-41(16-3-1)56(51-23-10-8-21-48(51)55-49-22-9-11-24-52(49)56)42-32-29-39(30-33-42)53(40-31-34-46-45-18-6-7-20-47(45)54-50(46)35-40)38-27-25-37(26-28-38)44-19-12-14-36-13-4-5-17-43(36)44/h1-35H. The van der Waals surface area contributed by atoms with Gasteiger partial charge in [0.15, 0.2) is 8.07 Å². The Balaban J connectivity index is 1.09. The summed E-state index contributed by atoms with van der Waals surface area (Å²) in [5.74, 6) is 1.86. The molecule has 0 spiro atoms. The number of rotatable bonds is 6. The van der Waals surface area contributed by atoms with Crippen LogP contribution in [0.15, 0.2) is 217 Å². The molecule has 4 heteroatoms. The molecule has 0 fully saturated rings. The average Bonchev–Trinajstić information content (AvgIpc) is 3.64. The highest BCUT2D eigenvalue weighted by Gasteiger charge is 2.47. The van der Waals surface area contributed by atoms with Crippen LogP contribution in [-0.2, 0) is 0 Å². The van der Waals surface area contributed by atoms with Gasteiger partial charge in [0.2, 0.25) is 0 Å². The third-order valence-electron chi connectivity index (χ3n) is 11.4. The number of ether oxygens (including phenoxy) is 1. The molecule has 3 nitrogen and oxygen atoms in total. The van der Waals surface area contributed by atoms with Gasteiger partial charge in [-0.15, -0.1) is 0 Å². The maximum absolute atomic E-state index is 6.59. The van der Waals surface area contributed by atoms with Crippen LogP contribution in [0.1, 0.15) is 0 Å². The minimum absolute atomic E-state index is 0.864. The monoisotopic (exact) mass is 733 g/mol. The van der Waals surface area contributed by atoms with Crippen molar-refractivity contribution in [3.8, 4) is 22.6 Å². The van der Waals surface area contributed by atoms with Gasteiger partial charge < -0.3 is 14.1 Å². The first-order valence-electron chi connectivity index (χ1n) is 19.1. The highest BCUT2D eigenvalue weighted by Crippen LogP contribution is 2.40.